The summed E-state index contributed by atoms with van der Waals surface area (Å²) in [5.41, 5.74) is 3.85. The Morgan fingerprint density at radius 1 is 1.03 bits per heavy atom. The molecule has 1 aliphatic heterocycles. The second-order valence-electron chi connectivity index (χ2n) is 7.02. The Bertz CT molecular complexity index is 1010. The predicted molar refractivity (Wildman–Crippen MR) is 112 cm³/mol. The summed E-state index contributed by atoms with van der Waals surface area (Å²) < 4.78 is 5.85. The molecule has 0 aliphatic carbocycles. The van der Waals surface area contributed by atoms with Crippen LogP contribution in [0.15, 0.2) is 84.0 Å². The number of phenolic OH excluding ortho intramolecular Hbond substituents is 1. The predicted octanol–water partition coefficient (Wildman–Crippen LogP) is 4.67. The number of amides is 1. The van der Waals surface area contributed by atoms with E-state index in [1.807, 2.05) is 66.7 Å². The van der Waals surface area contributed by atoms with Crippen molar-refractivity contribution in [1.82, 2.24) is 5.01 Å². The minimum absolute atomic E-state index is 0.104. The average Bonchev–Trinajstić information content (AvgIpc) is 3.20. The van der Waals surface area contributed by atoms with E-state index >= 15 is 0 Å². The quantitative estimate of drug-likeness (QED) is 0.693. The first kappa shape index (κ1) is 18.7. The zero-order chi connectivity index (χ0) is 20.2. The van der Waals surface area contributed by atoms with Crippen molar-refractivity contribution in [2.24, 2.45) is 5.10 Å². The van der Waals surface area contributed by atoms with Crippen LogP contribution >= 0.6 is 0 Å². The van der Waals surface area contributed by atoms with Gasteiger partial charge in [-0.25, -0.2) is 5.01 Å². The fourth-order valence-electron chi connectivity index (χ4n) is 3.42. The van der Waals surface area contributed by atoms with E-state index in [1.54, 1.807) is 12.1 Å². The number of carbonyl (C=O) groups is 1. The Morgan fingerprint density at radius 2 is 1.72 bits per heavy atom. The summed E-state index contributed by atoms with van der Waals surface area (Å²) >= 11 is 0. The van der Waals surface area contributed by atoms with Crippen LogP contribution in [0, 0.1) is 0 Å². The highest BCUT2D eigenvalue weighted by Gasteiger charge is 2.31. The largest absolute Gasteiger partial charge is 0.508 e. The Hall–Kier alpha value is -3.60. The van der Waals surface area contributed by atoms with Gasteiger partial charge in [0.2, 0.25) is 5.91 Å². The van der Waals surface area contributed by atoms with Gasteiger partial charge in [-0.2, -0.15) is 5.10 Å². The van der Waals surface area contributed by atoms with E-state index in [-0.39, 0.29) is 17.7 Å². The fraction of sp³-hybridized carbons (Fsp3) is 0.167. The Morgan fingerprint density at radius 3 is 2.38 bits per heavy atom. The highest BCUT2D eigenvalue weighted by Crippen LogP contribution is 2.33. The second kappa shape index (κ2) is 8.19. The first-order valence-corrected chi connectivity index (χ1v) is 9.53. The van der Waals surface area contributed by atoms with Gasteiger partial charge in [0.05, 0.1) is 11.8 Å². The summed E-state index contributed by atoms with van der Waals surface area (Å²) in [6.07, 6.45) is 0.620. The molecule has 5 heteroatoms. The molecule has 1 heterocycles. The van der Waals surface area contributed by atoms with Crippen LogP contribution in [0.5, 0.6) is 11.5 Å². The second-order valence-corrected chi connectivity index (χ2v) is 7.02. The zero-order valence-corrected chi connectivity index (χ0v) is 16.2. The molecule has 5 nitrogen and oxygen atoms in total. The molecule has 1 aliphatic rings. The molecular formula is C24H22N2O3. The van der Waals surface area contributed by atoms with Gasteiger partial charge < -0.3 is 9.84 Å². The molecule has 146 valence electrons. The molecular weight excluding hydrogens is 364 g/mol. The Kier molecular flexibility index (Phi) is 5.29. The number of rotatable bonds is 5. The molecule has 0 unspecified atom stereocenters. The van der Waals surface area contributed by atoms with E-state index in [0.29, 0.717) is 13.0 Å². The lowest BCUT2D eigenvalue weighted by atomic mass is 9.98. The number of phenols is 1. The van der Waals surface area contributed by atoms with Gasteiger partial charge in [-0.05, 0) is 53.1 Å². The molecule has 3 aromatic carbocycles. The highest BCUT2D eigenvalue weighted by atomic mass is 16.5. The molecule has 0 saturated heterocycles. The van der Waals surface area contributed by atoms with Gasteiger partial charge in [0, 0.05) is 13.3 Å². The van der Waals surface area contributed by atoms with Crippen LogP contribution in [0.3, 0.4) is 0 Å². The third kappa shape index (κ3) is 4.29. The smallest absolute Gasteiger partial charge is 0.240 e. The maximum atomic E-state index is 12.1. The molecule has 0 spiro atoms. The van der Waals surface area contributed by atoms with E-state index in [2.05, 4.69) is 5.10 Å². The standard InChI is InChI=1S/C24H22N2O3/c1-17(27)26-24(15-23(25-26)19-7-11-21(28)12-8-19)20-9-13-22(14-10-20)29-16-18-5-3-2-4-6-18/h2-14,24,28H,15-16H2,1H3/t24-/m1/s1. The first-order chi connectivity index (χ1) is 14.1. The average molecular weight is 386 g/mol. The van der Waals surface area contributed by atoms with Crippen LogP contribution in [0.1, 0.15) is 36.1 Å². The van der Waals surface area contributed by atoms with Crippen molar-refractivity contribution in [3.05, 3.63) is 95.6 Å². The number of hydrazone groups is 1. The number of nitrogens with zero attached hydrogens (tertiary/aromatic N) is 2. The Labute approximate surface area is 169 Å². The van der Waals surface area contributed by atoms with Crippen molar-refractivity contribution in [1.29, 1.82) is 0 Å². The third-order valence-electron chi connectivity index (χ3n) is 4.95. The lowest BCUT2D eigenvalue weighted by Gasteiger charge is -2.20. The lowest BCUT2D eigenvalue weighted by molar-refractivity contribution is -0.130. The van der Waals surface area contributed by atoms with Crippen LogP contribution < -0.4 is 4.74 Å². The topological polar surface area (TPSA) is 62.1 Å². The van der Waals surface area contributed by atoms with E-state index in [0.717, 1.165) is 28.2 Å². The Balaban J connectivity index is 1.48. The maximum absolute atomic E-state index is 12.1. The van der Waals surface area contributed by atoms with Crippen molar-refractivity contribution in [3.63, 3.8) is 0 Å². The van der Waals surface area contributed by atoms with Crippen molar-refractivity contribution in [2.45, 2.75) is 26.0 Å². The first-order valence-electron chi connectivity index (χ1n) is 9.53. The summed E-state index contributed by atoms with van der Waals surface area (Å²) in [6, 6.07) is 24.6. The maximum Gasteiger partial charge on any atom is 0.240 e. The third-order valence-corrected chi connectivity index (χ3v) is 4.95. The fourth-order valence-corrected chi connectivity index (χ4v) is 3.42. The molecule has 0 bridgehead atoms. The number of benzene rings is 3. The van der Waals surface area contributed by atoms with Gasteiger partial charge in [-0.3, -0.25) is 4.79 Å². The van der Waals surface area contributed by atoms with Gasteiger partial charge in [-0.1, -0.05) is 42.5 Å². The SMILES string of the molecule is CC(=O)N1N=C(c2ccc(O)cc2)C[C@@H]1c1ccc(OCc2ccccc2)cc1. The molecule has 1 atom stereocenters. The van der Waals surface area contributed by atoms with Crippen LogP contribution in [0.25, 0.3) is 0 Å². The summed E-state index contributed by atoms with van der Waals surface area (Å²) in [5, 5.41) is 15.6. The van der Waals surface area contributed by atoms with Crippen molar-refractivity contribution < 1.29 is 14.6 Å². The number of hydrogen-bond acceptors (Lipinski definition) is 4. The van der Waals surface area contributed by atoms with Crippen LogP contribution in [-0.2, 0) is 11.4 Å². The number of carbonyl (C=O) groups excluding carboxylic acids is 1. The number of hydrogen-bond donors (Lipinski definition) is 1. The molecule has 0 fully saturated rings. The summed E-state index contributed by atoms with van der Waals surface area (Å²) in [6.45, 7) is 2.03. The van der Waals surface area contributed by atoms with Gasteiger partial charge in [0.1, 0.15) is 18.1 Å². The lowest BCUT2D eigenvalue weighted by Crippen LogP contribution is -2.24. The molecule has 0 aromatic heterocycles. The van der Waals surface area contributed by atoms with Gasteiger partial charge in [0.25, 0.3) is 0 Å². The van der Waals surface area contributed by atoms with Gasteiger partial charge >= 0.3 is 0 Å². The molecule has 1 amide bonds. The molecule has 3 aromatic rings. The summed E-state index contributed by atoms with van der Waals surface area (Å²) in [4.78, 5) is 12.1. The number of ether oxygens (including phenoxy) is 1. The van der Waals surface area contributed by atoms with E-state index in [9.17, 15) is 9.90 Å². The molecule has 4 rings (SSSR count). The van der Waals surface area contributed by atoms with Crippen molar-refractivity contribution in [3.8, 4) is 11.5 Å². The molecule has 29 heavy (non-hydrogen) atoms. The van der Waals surface area contributed by atoms with Crippen LogP contribution in [0.4, 0.5) is 0 Å². The van der Waals surface area contributed by atoms with Gasteiger partial charge in [0.15, 0.2) is 0 Å². The van der Waals surface area contributed by atoms with Crippen LogP contribution in [0.2, 0.25) is 0 Å². The van der Waals surface area contributed by atoms with Crippen molar-refractivity contribution in [2.75, 3.05) is 0 Å². The van der Waals surface area contributed by atoms with Crippen molar-refractivity contribution >= 4 is 11.6 Å². The summed E-state index contributed by atoms with van der Waals surface area (Å²) in [5.74, 6) is 0.885. The molecule has 1 N–H and O–H groups in total. The minimum Gasteiger partial charge on any atom is -0.508 e. The highest BCUT2D eigenvalue weighted by molar-refractivity contribution is 6.03. The van der Waals surface area contributed by atoms with E-state index in [4.69, 9.17) is 4.74 Å². The zero-order valence-electron chi connectivity index (χ0n) is 16.2. The summed E-state index contributed by atoms with van der Waals surface area (Å²) in [7, 11) is 0. The normalized spacial score (nSPS) is 15.8. The van der Waals surface area contributed by atoms with Crippen LogP contribution in [-0.4, -0.2) is 21.7 Å². The van der Waals surface area contributed by atoms with Gasteiger partial charge in [-0.15, -0.1) is 0 Å². The monoisotopic (exact) mass is 386 g/mol. The molecule has 0 saturated carbocycles. The van der Waals surface area contributed by atoms with E-state index in [1.165, 1.54) is 11.9 Å². The number of aromatic hydroxyl groups is 1. The van der Waals surface area contributed by atoms with E-state index < -0.39 is 0 Å². The molecule has 0 radical (unpaired) electrons. The minimum atomic E-state index is -0.153.